The van der Waals surface area contributed by atoms with Crippen LogP contribution in [0.1, 0.15) is 21.6 Å². The number of carbonyl (C=O) groups excluding carboxylic acids is 1. The first-order valence-corrected chi connectivity index (χ1v) is 11.3. The number of carbonyl (C=O) groups is 1. The van der Waals surface area contributed by atoms with Crippen molar-refractivity contribution in [3.8, 4) is 22.1 Å². The molecule has 0 radical (unpaired) electrons. The summed E-state index contributed by atoms with van der Waals surface area (Å²) in [4.78, 5) is 16.8. The first-order chi connectivity index (χ1) is 16.1. The van der Waals surface area contributed by atoms with E-state index in [4.69, 9.17) is 9.47 Å². The van der Waals surface area contributed by atoms with Crippen molar-refractivity contribution in [2.45, 2.75) is 13.0 Å². The minimum atomic E-state index is -0.446. The molecule has 0 saturated carbocycles. The van der Waals surface area contributed by atoms with Gasteiger partial charge in [0.15, 0.2) is 0 Å². The smallest absolute Gasteiger partial charge is 0.270 e. The second-order valence-corrected chi connectivity index (χ2v) is 8.13. The Morgan fingerprint density at radius 2 is 1.85 bits per heavy atom. The van der Waals surface area contributed by atoms with E-state index in [0.29, 0.717) is 35.9 Å². The quantitative estimate of drug-likeness (QED) is 0.356. The van der Waals surface area contributed by atoms with Gasteiger partial charge in [-0.15, -0.1) is 11.3 Å². The number of nitrogens with one attached hydrogen (secondary N) is 1. The highest BCUT2D eigenvalue weighted by Crippen LogP contribution is 2.29. The number of methoxy groups -OCH3 is 1. The van der Waals surface area contributed by atoms with Crippen LogP contribution in [0, 0.1) is 5.82 Å². The Kier molecular flexibility index (Phi) is 7.32. The molecule has 1 N–H and O–H groups in total. The van der Waals surface area contributed by atoms with Crippen LogP contribution in [0.15, 0.2) is 78.2 Å². The largest absolute Gasteiger partial charge is 0.496 e. The van der Waals surface area contributed by atoms with Crippen molar-refractivity contribution < 1.29 is 18.7 Å². The maximum absolute atomic E-state index is 14.7. The summed E-state index contributed by atoms with van der Waals surface area (Å²) in [6.45, 7) is 0.796. The van der Waals surface area contributed by atoms with Crippen molar-refractivity contribution in [3.63, 3.8) is 0 Å². The van der Waals surface area contributed by atoms with Crippen LogP contribution in [0.3, 0.4) is 0 Å². The summed E-state index contributed by atoms with van der Waals surface area (Å²) >= 11 is 1.22. The van der Waals surface area contributed by atoms with Gasteiger partial charge in [0.2, 0.25) is 0 Å². The van der Waals surface area contributed by atoms with Gasteiger partial charge >= 0.3 is 0 Å². The highest BCUT2D eigenvalue weighted by molar-refractivity contribution is 7.13. The number of hydrogen-bond acceptors (Lipinski definition) is 5. The van der Waals surface area contributed by atoms with Crippen LogP contribution in [-0.4, -0.2) is 24.5 Å². The van der Waals surface area contributed by atoms with Gasteiger partial charge in [-0.2, -0.15) is 0 Å². The van der Waals surface area contributed by atoms with Gasteiger partial charge < -0.3 is 14.8 Å². The maximum atomic E-state index is 14.7. The van der Waals surface area contributed by atoms with Crippen LogP contribution in [0.25, 0.3) is 10.6 Å². The normalized spacial score (nSPS) is 10.6. The molecule has 1 aromatic heterocycles. The number of para-hydroxylation sites is 1. The van der Waals surface area contributed by atoms with Gasteiger partial charge in [0.1, 0.15) is 34.6 Å². The number of rotatable bonds is 9. The molecule has 0 saturated heterocycles. The number of benzene rings is 3. The number of hydrogen-bond donors (Lipinski definition) is 1. The zero-order chi connectivity index (χ0) is 23.0. The molecule has 4 rings (SSSR count). The Hall–Kier alpha value is -3.71. The van der Waals surface area contributed by atoms with E-state index >= 15 is 0 Å². The minimum Gasteiger partial charge on any atom is -0.496 e. The number of aromatic nitrogens is 1. The van der Waals surface area contributed by atoms with Crippen LogP contribution in [0.5, 0.6) is 11.5 Å². The van der Waals surface area contributed by atoms with Gasteiger partial charge in [0, 0.05) is 23.6 Å². The zero-order valence-electron chi connectivity index (χ0n) is 18.1. The standard InChI is InChI=1S/C26H23FN2O3S/c1-31-24-10-6-5-9-19(24)13-14-28-25(30)23-17-33-26(29-23)21-12-11-20(15-22(21)27)32-16-18-7-3-2-4-8-18/h2-12,15,17H,13-14,16H2,1H3,(H,28,30). The summed E-state index contributed by atoms with van der Waals surface area (Å²) in [6.07, 6.45) is 0.631. The van der Waals surface area contributed by atoms with E-state index in [1.165, 1.54) is 17.4 Å². The molecule has 1 amide bonds. The molecular formula is C26H23FN2O3S. The number of nitrogens with zero attached hydrogens (tertiary/aromatic N) is 1. The molecule has 0 unspecified atom stereocenters. The molecule has 0 aliphatic rings. The fourth-order valence-corrected chi connectivity index (χ4v) is 4.14. The topological polar surface area (TPSA) is 60.5 Å². The summed E-state index contributed by atoms with van der Waals surface area (Å²) in [6, 6.07) is 22.0. The average Bonchev–Trinajstić information content (AvgIpc) is 3.34. The molecule has 0 aliphatic carbocycles. The fourth-order valence-electron chi connectivity index (χ4n) is 3.31. The SMILES string of the molecule is COc1ccccc1CCNC(=O)c1csc(-c2ccc(OCc3ccccc3)cc2F)n1. The number of thiazole rings is 1. The van der Waals surface area contributed by atoms with Crippen molar-refractivity contribution >= 4 is 17.2 Å². The number of halogens is 1. The summed E-state index contributed by atoms with van der Waals surface area (Å²) in [5.74, 6) is 0.481. The number of amides is 1. The third-order valence-corrected chi connectivity index (χ3v) is 5.90. The van der Waals surface area contributed by atoms with Gasteiger partial charge in [0.05, 0.1) is 7.11 Å². The third-order valence-electron chi connectivity index (χ3n) is 5.03. The second-order valence-electron chi connectivity index (χ2n) is 7.27. The van der Waals surface area contributed by atoms with Gasteiger partial charge in [-0.3, -0.25) is 4.79 Å². The van der Waals surface area contributed by atoms with Crippen LogP contribution in [-0.2, 0) is 13.0 Å². The molecule has 168 valence electrons. The Balaban J connectivity index is 1.35. The van der Waals surface area contributed by atoms with Crippen molar-refractivity contribution in [1.29, 1.82) is 0 Å². The summed E-state index contributed by atoms with van der Waals surface area (Å²) in [7, 11) is 1.62. The van der Waals surface area contributed by atoms with Crippen molar-refractivity contribution in [2.24, 2.45) is 0 Å². The van der Waals surface area contributed by atoms with Gasteiger partial charge in [-0.05, 0) is 35.7 Å². The molecule has 1 heterocycles. The molecule has 3 aromatic carbocycles. The molecule has 33 heavy (non-hydrogen) atoms. The first-order valence-electron chi connectivity index (χ1n) is 10.5. The maximum Gasteiger partial charge on any atom is 0.270 e. The average molecular weight is 463 g/mol. The Morgan fingerprint density at radius 1 is 1.06 bits per heavy atom. The third kappa shape index (κ3) is 5.75. The molecule has 5 nitrogen and oxygen atoms in total. The summed E-state index contributed by atoms with van der Waals surface area (Å²) < 4.78 is 25.7. The molecule has 0 atom stereocenters. The van der Waals surface area contributed by atoms with E-state index in [0.717, 1.165) is 16.9 Å². The van der Waals surface area contributed by atoms with E-state index in [1.54, 1.807) is 24.6 Å². The van der Waals surface area contributed by atoms with Crippen LogP contribution in [0.4, 0.5) is 4.39 Å². The van der Waals surface area contributed by atoms with E-state index < -0.39 is 5.82 Å². The van der Waals surface area contributed by atoms with Gasteiger partial charge in [-0.1, -0.05) is 48.5 Å². The van der Waals surface area contributed by atoms with Crippen molar-refractivity contribution in [2.75, 3.05) is 13.7 Å². The number of ether oxygens (including phenoxy) is 2. The highest BCUT2D eigenvalue weighted by atomic mass is 32.1. The summed E-state index contributed by atoms with van der Waals surface area (Å²) in [5.41, 5.74) is 2.61. The lowest BCUT2D eigenvalue weighted by Gasteiger charge is -2.08. The minimum absolute atomic E-state index is 0.263. The molecule has 0 spiro atoms. The lowest BCUT2D eigenvalue weighted by Crippen LogP contribution is -2.26. The van der Waals surface area contributed by atoms with E-state index in [1.807, 2.05) is 54.6 Å². The second kappa shape index (κ2) is 10.7. The molecule has 0 bridgehead atoms. The van der Waals surface area contributed by atoms with E-state index in [9.17, 15) is 9.18 Å². The summed E-state index contributed by atoms with van der Waals surface area (Å²) in [5, 5.41) is 4.93. The van der Waals surface area contributed by atoms with E-state index in [2.05, 4.69) is 10.3 Å². The van der Waals surface area contributed by atoms with Crippen molar-refractivity contribution in [1.82, 2.24) is 10.3 Å². The lowest BCUT2D eigenvalue weighted by atomic mass is 10.1. The van der Waals surface area contributed by atoms with Crippen LogP contribution in [0.2, 0.25) is 0 Å². The Morgan fingerprint density at radius 3 is 2.64 bits per heavy atom. The first kappa shape index (κ1) is 22.5. The molecule has 7 heteroatoms. The Bertz CT molecular complexity index is 1230. The molecule has 4 aromatic rings. The van der Waals surface area contributed by atoms with Crippen LogP contribution >= 0.6 is 11.3 Å². The predicted octanol–water partition coefficient (Wildman–Crippen LogP) is 5.51. The fraction of sp³-hybridized carbons (Fsp3) is 0.154. The van der Waals surface area contributed by atoms with E-state index in [-0.39, 0.29) is 11.6 Å². The molecular weight excluding hydrogens is 439 g/mol. The molecule has 0 aliphatic heterocycles. The molecule has 0 fully saturated rings. The van der Waals surface area contributed by atoms with Crippen LogP contribution < -0.4 is 14.8 Å². The van der Waals surface area contributed by atoms with Crippen molar-refractivity contribution in [3.05, 3.63) is 101 Å². The predicted molar refractivity (Wildman–Crippen MR) is 127 cm³/mol. The monoisotopic (exact) mass is 462 g/mol. The lowest BCUT2D eigenvalue weighted by molar-refractivity contribution is 0.0950. The van der Waals surface area contributed by atoms with Gasteiger partial charge in [0.25, 0.3) is 5.91 Å². The van der Waals surface area contributed by atoms with Gasteiger partial charge in [-0.25, -0.2) is 9.37 Å². The highest BCUT2D eigenvalue weighted by Gasteiger charge is 2.15. The zero-order valence-corrected chi connectivity index (χ0v) is 18.9. The Labute approximate surface area is 195 Å².